The van der Waals surface area contributed by atoms with Crippen molar-refractivity contribution in [3.8, 4) is 11.8 Å². The highest BCUT2D eigenvalue weighted by atomic mass is 16.5. The van der Waals surface area contributed by atoms with E-state index in [1.807, 2.05) is 0 Å². The maximum atomic E-state index is 10.8. The first-order valence-electron chi connectivity index (χ1n) is 4.61. The first-order chi connectivity index (χ1) is 7.15. The fourth-order valence-electron chi connectivity index (χ4n) is 1.06. The minimum atomic E-state index is 0.111. The van der Waals surface area contributed by atoms with Crippen molar-refractivity contribution in [2.75, 3.05) is 14.2 Å². The van der Waals surface area contributed by atoms with Gasteiger partial charge in [-0.25, -0.2) is 0 Å². The molecule has 0 aliphatic rings. The van der Waals surface area contributed by atoms with Crippen molar-refractivity contribution >= 4 is 5.78 Å². The van der Waals surface area contributed by atoms with Crippen LogP contribution in [0.5, 0.6) is 11.8 Å². The quantitative estimate of drug-likeness (QED) is 0.726. The zero-order valence-electron chi connectivity index (χ0n) is 9.11. The van der Waals surface area contributed by atoms with Gasteiger partial charge >= 0.3 is 0 Å². The van der Waals surface area contributed by atoms with Gasteiger partial charge in [0.05, 0.1) is 20.3 Å². The molecule has 0 spiro atoms. The maximum absolute atomic E-state index is 10.8. The van der Waals surface area contributed by atoms with Gasteiger partial charge in [-0.1, -0.05) is 0 Å². The van der Waals surface area contributed by atoms with Gasteiger partial charge in [0.25, 0.3) is 0 Å². The average molecular weight is 210 g/mol. The molecule has 0 saturated carbocycles. The van der Waals surface area contributed by atoms with Crippen molar-refractivity contribution in [1.82, 2.24) is 9.97 Å². The minimum Gasteiger partial charge on any atom is -0.481 e. The standard InChI is InChI=1S/C10H14N2O3/c1-7(13)4-5-8-11-9(14-2)6-10(12-8)15-3/h6H,4-5H2,1-3H3. The summed E-state index contributed by atoms with van der Waals surface area (Å²) in [6.45, 7) is 1.54. The van der Waals surface area contributed by atoms with Gasteiger partial charge in [0, 0.05) is 12.8 Å². The van der Waals surface area contributed by atoms with Gasteiger partial charge in [-0.2, -0.15) is 9.97 Å². The third kappa shape index (κ3) is 3.53. The van der Waals surface area contributed by atoms with Crippen LogP contribution < -0.4 is 9.47 Å². The zero-order valence-corrected chi connectivity index (χ0v) is 9.11. The van der Waals surface area contributed by atoms with Crippen molar-refractivity contribution in [1.29, 1.82) is 0 Å². The Morgan fingerprint density at radius 3 is 2.20 bits per heavy atom. The average Bonchev–Trinajstić information content (AvgIpc) is 2.25. The largest absolute Gasteiger partial charge is 0.481 e. The van der Waals surface area contributed by atoms with Crippen molar-refractivity contribution in [3.05, 3.63) is 11.9 Å². The van der Waals surface area contributed by atoms with E-state index in [0.717, 1.165) is 0 Å². The van der Waals surface area contributed by atoms with Crippen LogP contribution >= 0.6 is 0 Å². The summed E-state index contributed by atoms with van der Waals surface area (Å²) in [5, 5.41) is 0. The van der Waals surface area contributed by atoms with E-state index < -0.39 is 0 Å². The molecule has 0 radical (unpaired) electrons. The third-order valence-corrected chi connectivity index (χ3v) is 1.84. The van der Waals surface area contributed by atoms with Crippen LogP contribution in [0.25, 0.3) is 0 Å². The number of carbonyl (C=O) groups is 1. The number of nitrogens with zero attached hydrogens (tertiary/aromatic N) is 2. The summed E-state index contributed by atoms with van der Waals surface area (Å²) < 4.78 is 9.98. The number of rotatable bonds is 5. The van der Waals surface area contributed by atoms with Crippen LogP contribution in [0, 0.1) is 0 Å². The van der Waals surface area contributed by atoms with Crippen LogP contribution in [0.2, 0.25) is 0 Å². The lowest BCUT2D eigenvalue weighted by Gasteiger charge is -2.05. The van der Waals surface area contributed by atoms with Crippen LogP contribution in [0.4, 0.5) is 0 Å². The molecule has 15 heavy (non-hydrogen) atoms. The van der Waals surface area contributed by atoms with Crippen LogP contribution in [0.1, 0.15) is 19.2 Å². The molecule has 0 amide bonds. The van der Waals surface area contributed by atoms with Crippen LogP contribution in [0.15, 0.2) is 6.07 Å². The Hall–Kier alpha value is -1.65. The van der Waals surface area contributed by atoms with Gasteiger partial charge in [0.1, 0.15) is 11.6 Å². The van der Waals surface area contributed by atoms with Gasteiger partial charge < -0.3 is 14.3 Å². The number of ketones is 1. The number of ether oxygens (including phenoxy) is 2. The summed E-state index contributed by atoms with van der Waals surface area (Å²) in [5.74, 6) is 1.56. The molecule has 0 fully saturated rings. The predicted molar refractivity (Wildman–Crippen MR) is 54.1 cm³/mol. The zero-order chi connectivity index (χ0) is 11.3. The summed E-state index contributed by atoms with van der Waals surface area (Å²) in [7, 11) is 3.05. The number of aryl methyl sites for hydroxylation is 1. The molecule has 0 unspecified atom stereocenters. The van der Waals surface area contributed by atoms with Crippen molar-refractivity contribution in [2.45, 2.75) is 19.8 Å². The number of aromatic nitrogens is 2. The summed E-state index contributed by atoms with van der Waals surface area (Å²) in [6.07, 6.45) is 0.930. The Labute approximate surface area is 88.4 Å². The Kier molecular flexibility index (Phi) is 4.03. The molecule has 1 aromatic rings. The highest BCUT2D eigenvalue weighted by Gasteiger charge is 2.06. The van der Waals surface area contributed by atoms with Gasteiger partial charge in [-0.15, -0.1) is 0 Å². The van der Waals surface area contributed by atoms with E-state index in [9.17, 15) is 4.79 Å². The first-order valence-corrected chi connectivity index (χ1v) is 4.61. The molecular weight excluding hydrogens is 196 g/mol. The summed E-state index contributed by atoms with van der Waals surface area (Å²) in [4.78, 5) is 19.0. The van der Waals surface area contributed by atoms with Crippen LogP contribution in [-0.2, 0) is 11.2 Å². The molecule has 1 aromatic heterocycles. The van der Waals surface area contributed by atoms with E-state index >= 15 is 0 Å². The molecule has 0 N–H and O–H groups in total. The summed E-state index contributed by atoms with van der Waals surface area (Å²) in [6, 6.07) is 1.59. The normalized spacial score (nSPS) is 9.80. The molecule has 0 bridgehead atoms. The van der Waals surface area contributed by atoms with E-state index in [1.165, 1.54) is 21.1 Å². The number of carbonyl (C=O) groups excluding carboxylic acids is 1. The van der Waals surface area contributed by atoms with E-state index in [-0.39, 0.29) is 5.78 Å². The van der Waals surface area contributed by atoms with Gasteiger partial charge in [0.15, 0.2) is 0 Å². The fourth-order valence-corrected chi connectivity index (χ4v) is 1.06. The first kappa shape index (κ1) is 11.4. The molecule has 0 saturated heterocycles. The second-order valence-electron chi connectivity index (χ2n) is 3.07. The van der Waals surface area contributed by atoms with Gasteiger partial charge in [-0.3, -0.25) is 0 Å². The number of methoxy groups -OCH3 is 2. The fraction of sp³-hybridized carbons (Fsp3) is 0.500. The number of Topliss-reactive ketones (excluding diaryl/α,β-unsaturated/α-hetero) is 1. The summed E-state index contributed by atoms with van der Waals surface area (Å²) >= 11 is 0. The second-order valence-corrected chi connectivity index (χ2v) is 3.07. The van der Waals surface area contributed by atoms with Crippen LogP contribution in [-0.4, -0.2) is 30.0 Å². The van der Waals surface area contributed by atoms with Crippen molar-refractivity contribution in [3.63, 3.8) is 0 Å². The van der Waals surface area contributed by atoms with E-state index in [2.05, 4.69) is 9.97 Å². The van der Waals surface area contributed by atoms with Gasteiger partial charge in [-0.05, 0) is 6.92 Å². The Morgan fingerprint density at radius 2 is 1.80 bits per heavy atom. The maximum Gasteiger partial charge on any atom is 0.220 e. The van der Waals surface area contributed by atoms with E-state index in [0.29, 0.717) is 30.4 Å². The minimum absolute atomic E-state index is 0.111. The highest BCUT2D eigenvalue weighted by Crippen LogP contribution is 2.15. The smallest absolute Gasteiger partial charge is 0.220 e. The molecule has 0 aliphatic carbocycles. The Morgan fingerprint density at radius 1 is 1.27 bits per heavy atom. The lowest BCUT2D eigenvalue weighted by Crippen LogP contribution is -2.02. The molecule has 1 heterocycles. The second kappa shape index (κ2) is 5.29. The van der Waals surface area contributed by atoms with E-state index in [1.54, 1.807) is 6.07 Å². The molecule has 0 aromatic carbocycles. The molecule has 5 heteroatoms. The van der Waals surface area contributed by atoms with Crippen molar-refractivity contribution in [2.24, 2.45) is 0 Å². The molecular formula is C10H14N2O3. The lowest BCUT2D eigenvalue weighted by molar-refractivity contribution is -0.117. The molecule has 5 nitrogen and oxygen atoms in total. The topological polar surface area (TPSA) is 61.3 Å². The molecule has 0 aliphatic heterocycles. The molecule has 1 rings (SSSR count). The Balaban J connectivity index is 2.81. The van der Waals surface area contributed by atoms with Crippen molar-refractivity contribution < 1.29 is 14.3 Å². The highest BCUT2D eigenvalue weighted by molar-refractivity contribution is 5.75. The third-order valence-electron chi connectivity index (χ3n) is 1.84. The lowest BCUT2D eigenvalue weighted by atomic mass is 10.2. The van der Waals surface area contributed by atoms with E-state index in [4.69, 9.17) is 9.47 Å². The van der Waals surface area contributed by atoms with Gasteiger partial charge in [0.2, 0.25) is 11.8 Å². The monoisotopic (exact) mass is 210 g/mol. The van der Waals surface area contributed by atoms with Crippen LogP contribution in [0.3, 0.4) is 0 Å². The molecule has 82 valence electrons. The summed E-state index contributed by atoms with van der Waals surface area (Å²) in [5.41, 5.74) is 0. The molecule has 0 atom stereocenters. The Bertz CT molecular complexity index is 330. The SMILES string of the molecule is COc1cc(OC)nc(CCC(C)=O)n1. The number of hydrogen-bond acceptors (Lipinski definition) is 5. The number of hydrogen-bond donors (Lipinski definition) is 0. The predicted octanol–water partition coefficient (Wildman–Crippen LogP) is 1.02.